The lowest BCUT2D eigenvalue weighted by Crippen LogP contribution is -2.20. The largest absolute Gasteiger partial charge is 0.424 e. The molecule has 1 N–H and O–H groups in total. The van der Waals surface area contributed by atoms with Crippen LogP contribution >= 0.6 is 0 Å². The van der Waals surface area contributed by atoms with Crippen molar-refractivity contribution in [1.82, 2.24) is 15.5 Å². The van der Waals surface area contributed by atoms with E-state index < -0.39 is 0 Å². The summed E-state index contributed by atoms with van der Waals surface area (Å²) in [6.07, 6.45) is 3.09. The molecule has 0 aliphatic rings. The second kappa shape index (κ2) is 4.39. The number of carbonyl (C=O) groups is 1. The molecule has 1 aromatic rings. The molecular weight excluding hydrogens is 170 g/mol. The molecule has 0 bridgehead atoms. The van der Waals surface area contributed by atoms with Crippen molar-refractivity contribution in [2.45, 2.75) is 20.4 Å². The molecule has 13 heavy (non-hydrogen) atoms. The first kappa shape index (κ1) is 9.44. The summed E-state index contributed by atoms with van der Waals surface area (Å²) in [5, 5.41) is 9.94. The van der Waals surface area contributed by atoms with Crippen molar-refractivity contribution in [2.75, 3.05) is 0 Å². The van der Waals surface area contributed by atoms with Gasteiger partial charge >= 0.3 is 0 Å². The third-order valence-corrected chi connectivity index (χ3v) is 1.30. The van der Waals surface area contributed by atoms with Crippen molar-refractivity contribution in [1.29, 1.82) is 0 Å². The molecule has 0 aromatic carbocycles. The summed E-state index contributed by atoms with van der Waals surface area (Å²) in [7, 11) is 0. The van der Waals surface area contributed by atoms with Gasteiger partial charge < -0.3 is 9.73 Å². The number of carbonyl (C=O) groups excluding carboxylic acids is 1. The van der Waals surface area contributed by atoms with Gasteiger partial charge in [0.05, 0.1) is 6.54 Å². The molecule has 70 valence electrons. The maximum Gasteiger partial charge on any atom is 0.244 e. The minimum Gasteiger partial charge on any atom is -0.424 e. The highest BCUT2D eigenvalue weighted by molar-refractivity contribution is 5.87. The van der Waals surface area contributed by atoms with Crippen LogP contribution in [0, 0.1) is 6.92 Å². The van der Waals surface area contributed by atoms with Gasteiger partial charge in [0.1, 0.15) is 0 Å². The zero-order valence-corrected chi connectivity index (χ0v) is 7.57. The van der Waals surface area contributed by atoms with Gasteiger partial charge in [-0.25, -0.2) is 0 Å². The van der Waals surface area contributed by atoms with E-state index in [1.54, 1.807) is 19.9 Å². The Balaban J connectivity index is 2.39. The highest BCUT2D eigenvalue weighted by atomic mass is 16.4. The van der Waals surface area contributed by atoms with Crippen LogP contribution < -0.4 is 5.32 Å². The lowest BCUT2D eigenvalue weighted by molar-refractivity contribution is -0.116. The van der Waals surface area contributed by atoms with Crippen LogP contribution in [0.3, 0.4) is 0 Å². The van der Waals surface area contributed by atoms with Gasteiger partial charge in [-0.05, 0) is 13.0 Å². The second-order valence-electron chi connectivity index (χ2n) is 2.43. The Kier molecular flexibility index (Phi) is 3.19. The minimum atomic E-state index is -0.168. The molecule has 0 fully saturated rings. The van der Waals surface area contributed by atoms with E-state index in [1.807, 2.05) is 0 Å². The van der Waals surface area contributed by atoms with Crippen LogP contribution in [0.25, 0.3) is 0 Å². The van der Waals surface area contributed by atoms with E-state index in [2.05, 4.69) is 15.5 Å². The summed E-state index contributed by atoms with van der Waals surface area (Å²) in [4.78, 5) is 10.9. The maximum atomic E-state index is 10.9. The summed E-state index contributed by atoms with van der Waals surface area (Å²) in [6.45, 7) is 3.74. The van der Waals surface area contributed by atoms with E-state index in [9.17, 15) is 4.79 Å². The smallest absolute Gasteiger partial charge is 0.244 e. The number of nitrogens with one attached hydrogen (secondary N) is 1. The maximum absolute atomic E-state index is 10.9. The quantitative estimate of drug-likeness (QED) is 0.692. The van der Waals surface area contributed by atoms with Gasteiger partial charge in [-0.1, -0.05) is 6.08 Å². The van der Waals surface area contributed by atoms with Crippen LogP contribution in [0.4, 0.5) is 0 Å². The zero-order chi connectivity index (χ0) is 9.68. The van der Waals surface area contributed by atoms with E-state index in [0.29, 0.717) is 11.8 Å². The second-order valence-corrected chi connectivity index (χ2v) is 2.43. The highest BCUT2D eigenvalue weighted by Gasteiger charge is 2.02. The standard InChI is InChI=1S/C8H11N3O2/c1-3-4-7(12)9-5-8-11-10-6(2)13-8/h3-4H,5H2,1-2H3,(H,9,12)/b4-3+. The molecule has 0 spiro atoms. The number of allylic oxidation sites excluding steroid dienone is 1. The molecule has 0 unspecified atom stereocenters. The van der Waals surface area contributed by atoms with Crippen molar-refractivity contribution >= 4 is 5.91 Å². The first-order valence-corrected chi connectivity index (χ1v) is 3.92. The number of nitrogens with zero attached hydrogens (tertiary/aromatic N) is 2. The van der Waals surface area contributed by atoms with Crippen molar-refractivity contribution in [3.8, 4) is 0 Å². The Morgan fingerprint density at radius 2 is 2.38 bits per heavy atom. The van der Waals surface area contributed by atoms with Crippen molar-refractivity contribution in [3.63, 3.8) is 0 Å². The molecule has 0 aliphatic carbocycles. The van der Waals surface area contributed by atoms with Gasteiger partial charge in [-0.2, -0.15) is 0 Å². The molecular formula is C8H11N3O2. The third-order valence-electron chi connectivity index (χ3n) is 1.30. The van der Waals surface area contributed by atoms with Gasteiger partial charge in [0.2, 0.25) is 17.7 Å². The van der Waals surface area contributed by atoms with Crippen molar-refractivity contribution in [3.05, 3.63) is 23.9 Å². The number of hydrogen-bond donors (Lipinski definition) is 1. The molecule has 0 saturated carbocycles. The lowest BCUT2D eigenvalue weighted by atomic mass is 10.5. The van der Waals surface area contributed by atoms with E-state index in [1.165, 1.54) is 6.08 Å². The number of aromatic nitrogens is 2. The van der Waals surface area contributed by atoms with Crippen LogP contribution in [0.1, 0.15) is 18.7 Å². The SMILES string of the molecule is C/C=C/C(=O)NCc1nnc(C)o1. The van der Waals surface area contributed by atoms with Crippen LogP contribution in [-0.4, -0.2) is 16.1 Å². The van der Waals surface area contributed by atoms with Crippen LogP contribution in [-0.2, 0) is 11.3 Å². The molecule has 0 radical (unpaired) electrons. The summed E-state index contributed by atoms with van der Waals surface area (Å²) in [5.41, 5.74) is 0. The van der Waals surface area contributed by atoms with Gasteiger partial charge in [0.15, 0.2) is 0 Å². The fourth-order valence-electron chi connectivity index (χ4n) is 0.782. The van der Waals surface area contributed by atoms with Crippen molar-refractivity contribution in [2.24, 2.45) is 0 Å². The average Bonchev–Trinajstić information content (AvgIpc) is 2.49. The minimum absolute atomic E-state index is 0.168. The van der Waals surface area contributed by atoms with Gasteiger partial charge in [0.25, 0.3) is 0 Å². The fraction of sp³-hybridized carbons (Fsp3) is 0.375. The Morgan fingerprint density at radius 1 is 1.62 bits per heavy atom. The number of hydrogen-bond acceptors (Lipinski definition) is 4. The third kappa shape index (κ3) is 3.06. The molecule has 5 heteroatoms. The average molecular weight is 181 g/mol. The summed E-state index contributed by atoms with van der Waals surface area (Å²) in [5.74, 6) is 0.740. The fourth-order valence-corrected chi connectivity index (χ4v) is 0.782. The first-order chi connectivity index (χ1) is 6.22. The van der Waals surface area contributed by atoms with Gasteiger partial charge in [-0.3, -0.25) is 4.79 Å². The van der Waals surface area contributed by atoms with E-state index in [0.717, 1.165) is 0 Å². The van der Waals surface area contributed by atoms with E-state index >= 15 is 0 Å². The monoisotopic (exact) mass is 181 g/mol. The summed E-state index contributed by atoms with van der Waals surface area (Å²) >= 11 is 0. The number of aryl methyl sites for hydroxylation is 1. The van der Waals surface area contributed by atoms with Crippen molar-refractivity contribution < 1.29 is 9.21 Å². The first-order valence-electron chi connectivity index (χ1n) is 3.92. The number of rotatable bonds is 3. The lowest BCUT2D eigenvalue weighted by Gasteiger charge is -1.95. The van der Waals surface area contributed by atoms with Gasteiger partial charge in [-0.15, -0.1) is 10.2 Å². The van der Waals surface area contributed by atoms with E-state index in [-0.39, 0.29) is 12.5 Å². The Labute approximate surface area is 75.8 Å². The summed E-state index contributed by atoms with van der Waals surface area (Å²) in [6, 6.07) is 0. The number of amides is 1. The topological polar surface area (TPSA) is 68.0 Å². The normalized spacial score (nSPS) is 10.6. The Bertz CT molecular complexity index is 317. The molecule has 5 nitrogen and oxygen atoms in total. The molecule has 1 amide bonds. The zero-order valence-electron chi connectivity index (χ0n) is 7.57. The molecule has 1 rings (SSSR count). The van der Waals surface area contributed by atoms with Crippen LogP contribution in [0.15, 0.2) is 16.6 Å². The predicted octanol–water partition coefficient (Wildman–Crippen LogP) is 0.570. The molecule has 1 aromatic heterocycles. The predicted molar refractivity (Wildman–Crippen MR) is 45.7 cm³/mol. The van der Waals surface area contributed by atoms with Gasteiger partial charge in [0, 0.05) is 6.92 Å². The van der Waals surface area contributed by atoms with Crippen LogP contribution in [0.5, 0.6) is 0 Å². The molecule has 0 saturated heterocycles. The molecule has 1 heterocycles. The molecule has 0 atom stereocenters. The van der Waals surface area contributed by atoms with E-state index in [4.69, 9.17) is 4.42 Å². The summed E-state index contributed by atoms with van der Waals surface area (Å²) < 4.78 is 5.05. The highest BCUT2D eigenvalue weighted by Crippen LogP contribution is 1.96. The Hall–Kier alpha value is -1.65. The van der Waals surface area contributed by atoms with Crippen LogP contribution in [0.2, 0.25) is 0 Å². The molecule has 0 aliphatic heterocycles. The Morgan fingerprint density at radius 3 is 2.92 bits per heavy atom.